The molecular formula is C26H33N3O3. The summed E-state index contributed by atoms with van der Waals surface area (Å²) in [5.74, 6) is 1.45. The summed E-state index contributed by atoms with van der Waals surface area (Å²) in [5, 5.41) is 15.3. The minimum atomic E-state index is -0.579. The Kier molecular flexibility index (Phi) is 9.04. The molecule has 0 aliphatic carbocycles. The molecule has 1 heterocycles. The van der Waals surface area contributed by atoms with Crippen molar-refractivity contribution in [3.05, 3.63) is 84.6 Å². The molecule has 170 valence electrons. The lowest BCUT2D eigenvalue weighted by Gasteiger charge is -2.25. The van der Waals surface area contributed by atoms with E-state index in [9.17, 15) is 5.11 Å². The van der Waals surface area contributed by atoms with Crippen LogP contribution >= 0.6 is 0 Å². The van der Waals surface area contributed by atoms with Gasteiger partial charge in [0.15, 0.2) is 0 Å². The van der Waals surface area contributed by atoms with Gasteiger partial charge in [0.25, 0.3) is 0 Å². The molecule has 3 aromatic rings. The lowest BCUT2D eigenvalue weighted by molar-refractivity contribution is 0.0244. The molecule has 6 heteroatoms. The molecule has 0 radical (unpaired) electrons. The monoisotopic (exact) mass is 435 g/mol. The molecule has 0 fully saturated rings. The molecule has 0 spiro atoms. The highest BCUT2D eigenvalue weighted by Crippen LogP contribution is 2.31. The summed E-state index contributed by atoms with van der Waals surface area (Å²) in [6, 6.07) is 19.7. The van der Waals surface area contributed by atoms with E-state index in [2.05, 4.69) is 18.4 Å². The number of aromatic nitrogens is 2. The molecule has 1 N–H and O–H groups in total. The molecule has 2 aromatic carbocycles. The third kappa shape index (κ3) is 6.53. The third-order valence-corrected chi connectivity index (χ3v) is 5.03. The molecule has 0 aliphatic heterocycles. The van der Waals surface area contributed by atoms with Crippen LogP contribution in [0.15, 0.2) is 73.3 Å². The van der Waals surface area contributed by atoms with E-state index in [-0.39, 0.29) is 6.61 Å². The Balaban J connectivity index is 1.89. The Morgan fingerprint density at radius 1 is 1.12 bits per heavy atom. The van der Waals surface area contributed by atoms with Gasteiger partial charge in [0.1, 0.15) is 5.75 Å². The van der Waals surface area contributed by atoms with Crippen molar-refractivity contribution in [1.82, 2.24) is 14.7 Å². The summed E-state index contributed by atoms with van der Waals surface area (Å²) in [6.07, 6.45) is 2.08. The first-order valence-electron chi connectivity index (χ1n) is 11.1. The van der Waals surface area contributed by atoms with Gasteiger partial charge in [0, 0.05) is 13.1 Å². The van der Waals surface area contributed by atoms with E-state index in [4.69, 9.17) is 14.6 Å². The molecule has 1 aromatic heterocycles. The standard InChI is InChI=1S/C26H33N3O3/c1-4-16-28(18-23(30)20-31-17-5-2)19-25-21(3)27-29(22-12-8-6-9-13-22)26(25)32-24-14-10-7-11-15-24/h5-15,23,30H,2,4,16-20H2,1,3H3. The van der Waals surface area contributed by atoms with Gasteiger partial charge in [-0.3, -0.25) is 4.90 Å². The average molecular weight is 436 g/mol. The van der Waals surface area contributed by atoms with Crippen LogP contribution in [0.1, 0.15) is 24.6 Å². The van der Waals surface area contributed by atoms with Crippen LogP contribution in [-0.4, -0.2) is 52.2 Å². The summed E-state index contributed by atoms with van der Waals surface area (Å²) >= 11 is 0. The summed E-state index contributed by atoms with van der Waals surface area (Å²) in [7, 11) is 0. The van der Waals surface area contributed by atoms with Crippen LogP contribution in [0.4, 0.5) is 0 Å². The molecule has 1 unspecified atom stereocenters. The second kappa shape index (κ2) is 12.2. The van der Waals surface area contributed by atoms with Crippen LogP contribution in [-0.2, 0) is 11.3 Å². The highest BCUT2D eigenvalue weighted by atomic mass is 16.5. The Hall–Kier alpha value is -2.93. The third-order valence-electron chi connectivity index (χ3n) is 5.03. The molecule has 32 heavy (non-hydrogen) atoms. The number of ether oxygens (including phenoxy) is 2. The number of hydrogen-bond acceptors (Lipinski definition) is 5. The fraction of sp³-hybridized carbons (Fsp3) is 0.346. The van der Waals surface area contributed by atoms with Crippen molar-refractivity contribution in [3.8, 4) is 17.3 Å². The summed E-state index contributed by atoms with van der Waals surface area (Å²) in [5.41, 5.74) is 2.84. The molecular weight excluding hydrogens is 402 g/mol. The number of nitrogens with zero attached hydrogens (tertiary/aromatic N) is 3. The smallest absolute Gasteiger partial charge is 0.227 e. The van der Waals surface area contributed by atoms with Crippen LogP contribution in [0.2, 0.25) is 0 Å². The van der Waals surface area contributed by atoms with Crippen LogP contribution in [0.5, 0.6) is 11.6 Å². The van der Waals surface area contributed by atoms with Gasteiger partial charge in [0.05, 0.1) is 36.3 Å². The molecule has 3 rings (SSSR count). The predicted molar refractivity (Wildman–Crippen MR) is 127 cm³/mol. The highest BCUT2D eigenvalue weighted by Gasteiger charge is 2.22. The van der Waals surface area contributed by atoms with Crippen LogP contribution in [0, 0.1) is 6.92 Å². The molecule has 0 amide bonds. The zero-order chi connectivity index (χ0) is 22.8. The average Bonchev–Trinajstić information content (AvgIpc) is 3.10. The maximum atomic E-state index is 10.5. The number of hydrogen-bond donors (Lipinski definition) is 1. The van der Waals surface area contributed by atoms with Crippen molar-refractivity contribution < 1.29 is 14.6 Å². The van der Waals surface area contributed by atoms with Gasteiger partial charge >= 0.3 is 0 Å². The van der Waals surface area contributed by atoms with Crippen LogP contribution < -0.4 is 4.74 Å². The van der Waals surface area contributed by atoms with Crippen LogP contribution in [0.25, 0.3) is 5.69 Å². The largest absolute Gasteiger partial charge is 0.439 e. The first-order chi connectivity index (χ1) is 15.6. The van der Waals surface area contributed by atoms with E-state index >= 15 is 0 Å². The summed E-state index contributed by atoms with van der Waals surface area (Å²) in [6.45, 7) is 10.5. The Morgan fingerprint density at radius 3 is 2.47 bits per heavy atom. The van der Waals surface area contributed by atoms with Crippen molar-refractivity contribution in [2.45, 2.75) is 32.9 Å². The van der Waals surface area contributed by atoms with E-state index in [1.807, 2.05) is 72.3 Å². The van der Waals surface area contributed by atoms with Crippen molar-refractivity contribution in [1.29, 1.82) is 0 Å². The van der Waals surface area contributed by atoms with E-state index in [1.54, 1.807) is 6.08 Å². The van der Waals surface area contributed by atoms with Gasteiger partial charge in [-0.05, 0) is 44.2 Å². The minimum absolute atomic E-state index is 0.280. The maximum Gasteiger partial charge on any atom is 0.227 e. The maximum absolute atomic E-state index is 10.5. The number of aliphatic hydroxyl groups is 1. The SMILES string of the molecule is C=CCOCC(O)CN(CCC)Cc1c(C)nn(-c2ccccc2)c1Oc1ccccc1. The van der Waals surface area contributed by atoms with Gasteiger partial charge in [-0.25, -0.2) is 4.68 Å². The lowest BCUT2D eigenvalue weighted by Crippen LogP contribution is -2.35. The fourth-order valence-electron chi connectivity index (χ4n) is 3.58. The van der Waals surface area contributed by atoms with Gasteiger partial charge in [-0.1, -0.05) is 49.4 Å². The molecule has 0 bridgehead atoms. The Labute approximate surface area is 190 Å². The topological polar surface area (TPSA) is 59.8 Å². The number of aryl methyl sites for hydroxylation is 1. The van der Waals surface area contributed by atoms with Crippen molar-refractivity contribution in [2.75, 3.05) is 26.3 Å². The number of benzene rings is 2. The van der Waals surface area contributed by atoms with Gasteiger partial charge in [0.2, 0.25) is 5.88 Å². The molecule has 0 aliphatic rings. The minimum Gasteiger partial charge on any atom is -0.439 e. The first kappa shape index (κ1) is 23.7. The Bertz CT molecular complexity index is 957. The lowest BCUT2D eigenvalue weighted by atomic mass is 10.2. The second-order valence-corrected chi connectivity index (χ2v) is 7.75. The predicted octanol–water partition coefficient (Wildman–Crippen LogP) is 4.75. The fourth-order valence-corrected chi connectivity index (χ4v) is 3.58. The van der Waals surface area contributed by atoms with Crippen molar-refractivity contribution in [3.63, 3.8) is 0 Å². The van der Waals surface area contributed by atoms with Gasteiger partial charge < -0.3 is 14.6 Å². The van der Waals surface area contributed by atoms with Crippen molar-refractivity contribution >= 4 is 0 Å². The highest BCUT2D eigenvalue weighted by molar-refractivity contribution is 5.43. The van der Waals surface area contributed by atoms with E-state index in [0.29, 0.717) is 25.6 Å². The summed E-state index contributed by atoms with van der Waals surface area (Å²) in [4.78, 5) is 2.22. The molecule has 1 atom stereocenters. The zero-order valence-electron chi connectivity index (χ0n) is 19.0. The zero-order valence-corrected chi connectivity index (χ0v) is 19.0. The first-order valence-corrected chi connectivity index (χ1v) is 11.1. The van der Waals surface area contributed by atoms with Gasteiger partial charge in [-0.2, -0.15) is 5.10 Å². The van der Waals surface area contributed by atoms with Crippen LogP contribution in [0.3, 0.4) is 0 Å². The second-order valence-electron chi connectivity index (χ2n) is 7.75. The molecule has 0 saturated heterocycles. The number of para-hydroxylation sites is 2. The normalized spacial score (nSPS) is 12.1. The van der Waals surface area contributed by atoms with E-state index in [0.717, 1.165) is 35.7 Å². The number of rotatable bonds is 13. The van der Waals surface area contributed by atoms with E-state index < -0.39 is 6.10 Å². The Morgan fingerprint density at radius 2 is 1.81 bits per heavy atom. The molecule has 0 saturated carbocycles. The van der Waals surface area contributed by atoms with E-state index in [1.165, 1.54) is 0 Å². The van der Waals surface area contributed by atoms with Crippen molar-refractivity contribution in [2.24, 2.45) is 0 Å². The van der Waals surface area contributed by atoms with Gasteiger partial charge in [-0.15, -0.1) is 6.58 Å². The quantitative estimate of drug-likeness (QED) is 0.310. The number of aliphatic hydroxyl groups excluding tert-OH is 1. The summed E-state index contributed by atoms with van der Waals surface area (Å²) < 4.78 is 13.6. The molecule has 6 nitrogen and oxygen atoms in total.